The van der Waals surface area contributed by atoms with Crippen molar-refractivity contribution in [3.63, 3.8) is 0 Å². The number of rotatable bonds is 6. The molecule has 2 aromatic rings. The monoisotopic (exact) mass is 292 g/mol. The maximum absolute atomic E-state index is 11.1. The molecule has 0 aliphatic rings. The van der Waals surface area contributed by atoms with Gasteiger partial charge in [-0.25, -0.2) is 4.79 Å². The predicted molar refractivity (Wildman–Crippen MR) is 80.7 cm³/mol. The second-order valence-corrected chi connectivity index (χ2v) is 5.09. The van der Waals surface area contributed by atoms with Crippen molar-refractivity contribution in [1.29, 1.82) is 0 Å². The Kier molecular flexibility index (Phi) is 4.69. The number of nitrogens with zero attached hydrogens (tertiary/aromatic N) is 2. The van der Waals surface area contributed by atoms with E-state index in [1.165, 1.54) is 6.07 Å². The molecule has 0 aliphatic carbocycles. The number of aryl methyl sites for hydroxylation is 1. The molecule has 20 heavy (non-hydrogen) atoms. The first-order valence-electron chi connectivity index (χ1n) is 6.43. The minimum absolute atomic E-state index is 0.234. The third-order valence-electron chi connectivity index (χ3n) is 3.17. The van der Waals surface area contributed by atoms with Crippen LogP contribution >= 0.6 is 11.6 Å². The van der Waals surface area contributed by atoms with E-state index in [9.17, 15) is 4.79 Å². The van der Waals surface area contributed by atoms with E-state index < -0.39 is 5.97 Å². The Morgan fingerprint density at radius 2 is 2.05 bits per heavy atom. The van der Waals surface area contributed by atoms with Gasteiger partial charge in [0.15, 0.2) is 0 Å². The fraction of sp³-hybridized carbons (Fsp3) is 0.267. The molecular formula is C15H17ClN2O2. The maximum Gasteiger partial charge on any atom is 0.352 e. The number of hydrogen-bond donors (Lipinski definition) is 1. The summed E-state index contributed by atoms with van der Waals surface area (Å²) in [5.74, 6) is -0.951. The van der Waals surface area contributed by atoms with E-state index in [4.69, 9.17) is 16.7 Å². The molecule has 0 fully saturated rings. The van der Waals surface area contributed by atoms with Gasteiger partial charge < -0.3 is 14.6 Å². The third-order valence-corrected chi connectivity index (χ3v) is 3.38. The minimum Gasteiger partial charge on any atom is -0.477 e. The summed E-state index contributed by atoms with van der Waals surface area (Å²) >= 11 is 5.85. The van der Waals surface area contributed by atoms with E-state index in [1.807, 2.05) is 25.2 Å². The topological polar surface area (TPSA) is 45.5 Å². The Labute approximate surface area is 123 Å². The molecule has 5 heteroatoms. The van der Waals surface area contributed by atoms with Crippen molar-refractivity contribution in [2.45, 2.75) is 13.0 Å². The average Bonchev–Trinajstić information content (AvgIpc) is 2.81. The van der Waals surface area contributed by atoms with Gasteiger partial charge in [-0.2, -0.15) is 0 Å². The van der Waals surface area contributed by atoms with E-state index >= 15 is 0 Å². The Hall–Kier alpha value is -1.94. The Bertz CT molecular complexity index is 581. The second-order valence-electron chi connectivity index (χ2n) is 4.65. The lowest BCUT2D eigenvalue weighted by atomic mass is 10.3. The summed E-state index contributed by atoms with van der Waals surface area (Å²) in [4.78, 5) is 13.2. The number of carbonyl (C=O) groups is 1. The van der Waals surface area contributed by atoms with Gasteiger partial charge in [0.1, 0.15) is 5.69 Å². The van der Waals surface area contributed by atoms with Crippen LogP contribution in [0.4, 0.5) is 5.69 Å². The predicted octanol–water partition coefficient (Wildman–Crippen LogP) is 3.37. The zero-order valence-electron chi connectivity index (χ0n) is 11.3. The molecule has 2 rings (SSSR count). The smallest absolute Gasteiger partial charge is 0.352 e. The highest BCUT2D eigenvalue weighted by molar-refractivity contribution is 6.30. The molecule has 0 spiro atoms. The van der Waals surface area contributed by atoms with Crippen molar-refractivity contribution in [1.82, 2.24) is 4.57 Å². The second kappa shape index (κ2) is 6.48. The molecule has 0 saturated carbocycles. The van der Waals surface area contributed by atoms with Crippen molar-refractivity contribution in [3.05, 3.63) is 53.3 Å². The van der Waals surface area contributed by atoms with Crippen LogP contribution in [-0.2, 0) is 6.54 Å². The molecule has 0 atom stereocenters. The molecule has 0 saturated heterocycles. The lowest BCUT2D eigenvalue weighted by molar-refractivity contribution is 0.0685. The highest BCUT2D eigenvalue weighted by atomic mass is 35.5. The van der Waals surface area contributed by atoms with Gasteiger partial charge in [0.05, 0.1) is 5.02 Å². The first-order valence-corrected chi connectivity index (χ1v) is 6.81. The SMILES string of the molecule is CN(CCCn1cc(Cl)cc1C(=O)O)c1ccccc1. The van der Waals surface area contributed by atoms with E-state index in [2.05, 4.69) is 17.0 Å². The summed E-state index contributed by atoms with van der Waals surface area (Å²) in [6.45, 7) is 1.48. The first kappa shape index (κ1) is 14.5. The van der Waals surface area contributed by atoms with Gasteiger partial charge in [0.2, 0.25) is 0 Å². The van der Waals surface area contributed by atoms with Gasteiger partial charge in [-0.3, -0.25) is 0 Å². The Morgan fingerprint density at radius 1 is 1.35 bits per heavy atom. The van der Waals surface area contributed by atoms with Crippen LogP contribution in [0, 0.1) is 0 Å². The minimum atomic E-state index is -0.951. The van der Waals surface area contributed by atoms with Gasteiger partial charge in [-0.15, -0.1) is 0 Å². The number of halogens is 1. The summed E-state index contributed by atoms with van der Waals surface area (Å²) < 4.78 is 1.68. The molecule has 1 aromatic carbocycles. The van der Waals surface area contributed by atoms with Crippen LogP contribution in [-0.4, -0.2) is 29.2 Å². The van der Waals surface area contributed by atoms with Gasteiger partial charge >= 0.3 is 5.97 Å². The molecule has 0 unspecified atom stereocenters. The molecule has 0 aliphatic heterocycles. The molecule has 0 bridgehead atoms. The van der Waals surface area contributed by atoms with Gasteiger partial charge in [-0.05, 0) is 24.6 Å². The molecule has 106 valence electrons. The quantitative estimate of drug-likeness (QED) is 0.888. The summed E-state index contributed by atoms with van der Waals surface area (Å²) in [7, 11) is 2.02. The normalized spacial score (nSPS) is 10.5. The fourth-order valence-corrected chi connectivity index (χ4v) is 2.35. The maximum atomic E-state index is 11.1. The summed E-state index contributed by atoms with van der Waals surface area (Å²) in [6.07, 6.45) is 2.50. The van der Waals surface area contributed by atoms with Crippen LogP contribution in [0.3, 0.4) is 0 Å². The fourth-order valence-electron chi connectivity index (χ4n) is 2.13. The number of benzene rings is 1. The summed E-state index contributed by atoms with van der Waals surface area (Å²) in [5, 5.41) is 9.53. The molecule has 0 amide bonds. The first-order chi connectivity index (χ1) is 9.58. The van der Waals surface area contributed by atoms with Crippen LogP contribution in [0.1, 0.15) is 16.9 Å². The summed E-state index contributed by atoms with van der Waals surface area (Å²) in [6, 6.07) is 11.6. The van der Waals surface area contributed by atoms with Crippen molar-refractivity contribution in [2.75, 3.05) is 18.5 Å². The highest BCUT2D eigenvalue weighted by Crippen LogP contribution is 2.16. The van der Waals surface area contributed by atoms with Gasteiger partial charge in [0, 0.05) is 32.0 Å². The van der Waals surface area contributed by atoms with Crippen LogP contribution in [0.25, 0.3) is 0 Å². The van der Waals surface area contributed by atoms with Crippen molar-refractivity contribution < 1.29 is 9.90 Å². The van der Waals surface area contributed by atoms with Crippen LogP contribution in [0.15, 0.2) is 42.6 Å². The standard InChI is InChI=1S/C15H17ClN2O2/c1-17(13-6-3-2-4-7-13)8-5-9-18-11-12(16)10-14(18)15(19)20/h2-4,6-7,10-11H,5,8-9H2,1H3,(H,19,20). The number of aromatic nitrogens is 1. The number of carboxylic acid groups (broad SMARTS) is 1. The van der Waals surface area contributed by atoms with Crippen LogP contribution in [0.5, 0.6) is 0 Å². The zero-order chi connectivity index (χ0) is 14.5. The van der Waals surface area contributed by atoms with E-state index in [0.29, 0.717) is 11.6 Å². The molecule has 1 N–H and O–H groups in total. The Morgan fingerprint density at radius 3 is 2.70 bits per heavy atom. The molecular weight excluding hydrogens is 276 g/mol. The number of hydrogen-bond acceptors (Lipinski definition) is 2. The lowest BCUT2D eigenvalue weighted by Gasteiger charge is -2.19. The largest absolute Gasteiger partial charge is 0.477 e. The molecule has 1 heterocycles. The number of anilines is 1. The van der Waals surface area contributed by atoms with Crippen LogP contribution in [0.2, 0.25) is 5.02 Å². The zero-order valence-corrected chi connectivity index (χ0v) is 12.0. The van der Waals surface area contributed by atoms with Crippen molar-refractivity contribution in [3.8, 4) is 0 Å². The van der Waals surface area contributed by atoms with E-state index in [0.717, 1.165) is 18.7 Å². The number of para-hydroxylation sites is 1. The van der Waals surface area contributed by atoms with Crippen LogP contribution < -0.4 is 4.90 Å². The molecule has 1 aromatic heterocycles. The summed E-state index contributed by atoms with van der Waals surface area (Å²) in [5.41, 5.74) is 1.38. The number of carboxylic acids is 1. The highest BCUT2D eigenvalue weighted by Gasteiger charge is 2.11. The molecule has 4 nitrogen and oxygen atoms in total. The van der Waals surface area contributed by atoms with Gasteiger partial charge in [0.25, 0.3) is 0 Å². The Balaban J connectivity index is 1.92. The molecule has 0 radical (unpaired) electrons. The number of aromatic carboxylic acids is 1. The average molecular weight is 293 g/mol. The van der Waals surface area contributed by atoms with Gasteiger partial charge in [-0.1, -0.05) is 29.8 Å². The lowest BCUT2D eigenvalue weighted by Crippen LogP contribution is -2.20. The van der Waals surface area contributed by atoms with Crippen molar-refractivity contribution in [2.24, 2.45) is 0 Å². The van der Waals surface area contributed by atoms with E-state index in [-0.39, 0.29) is 5.69 Å². The van der Waals surface area contributed by atoms with E-state index in [1.54, 1.807) is 10.8 Å². The van der Waals surface area contributed by atoms with Crippen molar-refractivity contribution >= 4 is 23.3 Å². The third kappa shape index (κ3) is 3.54.